The Bertz CT molecular complexity index is 985. The van der Waals surface area contributed by atoms with Crippen molar-refractivity contribution in [2.24, 2.45) is 5.73 Å². The first-order chi connectivity index (χ1) is 15.5. The van der Waals surface area contributed by atoms with Crippen LogP contribution in [0, 0.1) is 10.1 Å². The SMILES string of the molecule is CC(C)(C)OC(=O)N(CC(=O)OCc1ccccc1)C(=O)[C@@H](N)Cc1ccc([N+](=O)[O-])cc1. The zero-order valence-electron chi connectivity index (χ0n) is 18.7. The number of benzene rings is 2. The Morgan fingerprint density at radius 1 is 1.03 bits per heavy atom. The highest BCUT2D eigenvalue weighted by atomic mass is 16.6. The molecule has 10 heteroatoms. The minimum atomic E-state index is -1.19. The molecule has 0 aliphatic heterocycles. The second-order valence-corrected chi connectivity index (χ2v) is 8.29. The molecular formula is C23H27N3O7. The molecule has 0 bridgehead atoms. The minimum absolute atomic E-state index is 0.00477. The van der Waals surface area contributed by atoms with Gasteiger partial charge < -0.3 is 15.2 Å². The van der Waals surface area contributed by atoms with Gasteiger partial charge in [-0.1, -0.05) is 42.5 Å². The van der Waals surface area contributed by atoms with Crippen molar-refractivity contribution in [2.75, 3.05) is 6.54 Å². The van der Waals surface area contributed by atoms with Crippen molar-refractivity contribution >= 4 is 23.7 Å². The highest BCUT2D eigenvalue weighted by Gasteiger charge is 2.32. The Balaban J connectivity index is 2.10. The fourth-order valence-corrected chi connectivity index (χ4v) is 2.76. The Kier molecular flexibility index (Phi) is 8.63. The second-order valence-electron chi connectivity index (χ2n) is 8.29. The molecule has 2 aromatic rings. The highest BCUT2D eigenvalue weighted by Crippen LogP contribution is 2.15. The van der Waals surface area contributed by atoms with Gasteiger partial charge in [-0.2, -0.15) is 0 Å². The lowest BCUT2D eigenvalue weighted by Gasteiger charge is -2.27. The number of hydrogen-bond acceptors (Lipinski definition) is 8. The molecule has 0 spiro atoms. The van der Waals surface area contributed by atoms with E-state index < -0.39 is 41.1 Å². The topological polar surface area (TPSA) is 142 Å². The number of nitrogens with two attached hydrogens (primary N) is 1. The lowest BCUT2D eigenvalue weighted by Crippen LogP contribution is -2.51. The van der Waals surface area contributed by atoms with Gasteiger partial charge in [0.05, 0.1) is 11.0 Å². The first-order valence-electron chi connectivity index (χ1n) is 10.2. The molecule has 0 saturated heterocycles. The number of esters is 1. The van der Waals surface area contributed by atoms with Gasteiger partial charge in [-0.25, -0.2) is 9.69 Å². The van der Waals surface area contributed by atoms with Gasteiger partial charge in [-0.3, -0.25) is 19.7 Å². The first kappa shape index (κ1) is 25.5. The van der Waals surface area contributed by atoms with E-state index in [1.165, 1.54) is 24.3 Å². The van der Waals surface area contributed by atoms with Crippen LogP contribution in [0.3, 0.4) is 0 Å². The zero-order valence-corrected chi connectivity index (χ0v) is 18.7. The molecule has 2 aromatic carbocycles. The Labute approximate surface area is 191 Å². The number of amides is 2. The van der Waals surface area contributed by atoms with Crippen LogP contribution in [0.1, 0.15) is 31.9 Å². The van der Waals surface area contributed by atoms with E-state index in [1.807, 2.05) is 6.07 Å². The predicted octanol–water partition coefficient (Wildman–Crippen LogP) is 2.97. The highest BCUT2D eigenvalue weighted by molar-refractivity contribution is 5.98. The number of ether oxygens (including phenoxy) is 2. The maximum atomic E-state index is 12.9. The lowest BCUT2D eigenvalue weighted by molar-refractivity contribution is -0.384. The van der Waals surface area contributed by atoms with Crippen LogP contribution in [0.15, 0.2) is 54.6 Å². The molecule has 0 fully saturated rings. The van der Waals surface area contributed by atoms with Gasteiger partial charge in [0.1, 0.15) is 18.8 Å². The summed E-state index contributed by atoms with van der Waals surface area (Å²) in [6.07, 6.45) is -1.03. The molecule has 10 nitrogen and oxygen atoms in total. The summed E-state index contributed by atoms with van der Waals surface area (Å²) >= 11 is 0. The summed E-state index contributed by atoms with van der Waals surface area (Å²) in [5.74, 6) is -1.64. The smallest absolute Gasteiger partial charge is 0.417 e. The number of carbonyl (C=O) groups is 3. The molecule has 0 aromatic heterocycles. The van der Waals surface area contributed by atoms with E-state index >= 15 is 0 Å². The third kappa shape index (κ3) is 8.34. The molecule has 1 atom stereocenters. The van der Waals surface area contributed by atoms with Crippen molar-refractivity contribution in [2.45, 2.75) is 45.4 Å². The monoisotopic (exact) mass is 457 g/mol. The summed E-state index contributed by atoms with van der Waals surface area (Å²) in [6, 6.07) is 13.3. The summed E-state index contributed by atoms with van der Waals surface area (Å²) < 4.78 is 10.4. The maximum absolute atomic E-state index is 12.9. The van der Waals surface area contributed by atoms with Crippen LogP contribution in [-0.2, 0) is 32.1 Å². The third-order valence-corrected chi connectivity index (χ3v) is 4.33. The number of non-ortho nitro benzene ring substituents is 1. The summed E-state index contributed by atoms with van der Waals surface area (Å²) in [4.78, 5) is 48.8. The normalized spacial score (nSPS) is 11.9. The summed E-state index contributed by atoms with van der Waals surface area (Å²) in [5.41, 5.74) is 6.29. The molecule has 33 heavy (non-hydrogen) atoms. The molecular weight excluding hydrogens is 430 g/mol. The molecule has 2 rings (SSSR count). The van der Waals surface area contributed by atoms with Crippen molar-refractivity contribution in [3.8, 4) is 0 Å². The number of carbonyl (C=O) groups excluding carboxylic acids is 3. The quantitative estimate of drug-likeness (QED) is 0.362. The second kappa shape index (κ2) is 11.2. The molecule has 0 heterocycles. The van der Waals surface area contributed by atoms with Crippen molar-refractivity contribution < 1.29 is 28.8 Å². The van der Waals surface area contributed by atoms with Gasteiger partial charge >= 0.3 is 12.1 Å². The Morgan fingerprint density at radius 3 is 2.18 bits per heavy atom. The number of nitro benzene ring substituents is 1. The molecule has 176 valence electrons. The van der Waals surface area contributed by atoms with Crippen molar-refractivity contribution in [1.29, 1.82) is 0 Å². The molecule has 2 amide bonds. The minimum Gasteiger partial charge on any atom is -0.459 e. The predicted molar refractivity (Wildman–Crippen MR) is 119 cm³/mol. The summed E-state index contributed by atoms with van der Waals surface area (Å²) in [7, 11) is 0. The number of rotatable bonds is 8. The average Bonchev–Trinajstić information content (AvgIpc) is 2.75. The van der Waals surface area contributed by atoms with E-state index in [0.717, 1.165) is 5.56 Å². The van der Waals surface area contributed by atoms with E-state index in [-0.39, 0.29) is 18.7 Å². The third-order valence-electron chi connectivity index (χ3n) is 4.33. The summed E-state index contributed by atoms with van der Waals surface area (Å²) in [6.45, 7) is 4.17. The van der Waals surface area contributed by atoms with Gasteiger partial charge in [-0.15, -0.1) is 0 Å². The molecule has 0 saturated carbocycles. The van der Waals surface area contributed by atoms with E-state index in [2.05, 4.69) is 0 Å². The van der Waals surface area contributed by atoms with Gasteiger partial charge in [0, 0.05) is 12.1 Å². The standard InChI is InChI=1S/C23H27N3O7/c1-23(2,3)33-22(29)25(14-20(27)32-15-17-7-5-4-6-8-17)21(28)19(24)13-16-9-11-18(12-10-16)26(30)31/h4-12,19H,13-15,24H2,1-3H3/t19-/m0/s1. The van der Waals surface area contributed by atoms with Crippen LogP contribution in [0.5, 0.6) is 0 Å². The van der Waals surface area contributed by atoms with Crippen molar-refractivity contribution in [1.82, 2.24) is 4.90 Å². The fourth-order valence-electron chi connectivity index (χ4n) is 2.76. The lowest BCUT2D eigenvalue weighted by atomic mass is 10.1. The molecule has 2 N–H and O–H groups in total. The van der Waals surface area contributed by atoms with Crippen LogP contribution >= 0.6 is 0 Å². The van der Waals surface area contributed by atoms with E-state index in [4.69, 9.17) is 15.2 Å². The molecule has 0 aliphatic rings. The van der Waals surface area contributed by atoms with E-state index in [0.29, 0.717) is 10.5 Å². The number of imide groups is 1. The van der Waals surface area contributed by atoms with Gasteiger partial charge in [0.2, 0.25) is 5.91 Å². The van der Waals surface area contributed by atoms with Gasteiger partial charge in [0.15, 0.2) is 0 Å². The molecule has 0 aliphatic carbocycles. The van der Waals surface area contributed by atoms with Gasteiger partial charge in [-0.05, 0) is 38.3 Å². The Hall–Kier alpha value is -3.79. The fraction of sp³-hybridized carbons (Fsp3) is 0.348. The first-order valence-corrected chi connectivity index (χ1v) is 10.2. The van der Waals surface area contributed by atoms with Crippen LogP contribution in [0.2, 0.25) is 0 Å². The van der Waals surface area contributed by atoms with Crippen LogP contribution < -0.4 is 5.73 Å². The number of nitro groups is 1. The number of hydrogen-bond donors (Lipinski definition) is 1. The van der Waals surface area contributed by atoms with Crippen LogP contribution in [0.4, 0.5) is 10.5 Å². The largest absolute Gasteiger partial charge is 0.459 e. The summed E-state index contributed by atoms with van der Waals surface area (Å²) in [5, 5.41) is 10.8. The number of nitrogens with zero attached hydrogens (tertiary/aromatic N) is 2. The van der Waals surface area contributed by atoms with Crippen molar-refractivity contribution in [3.05, 3.63) is 75.8 Å². The zero-order chi connectivity index (χ0) is 24.6. The van der Waals surface area contributed by atoms with Crippen molar-refractivity contribution in [3.63, 3.8) is 0 Å². The average molecular weight is 457 g/mol. The molecule has 0 radical (unpaired) electrons. The van der Waals surface area contributed by atoms with Gasteiger partial charge in [0.25, 0.3) is 5.69 Å². The van der Waals surface area contributed by atoms with E-state index in [1.54, 1.807) is 45.0 Å². The Morgan fingerprint density at radius 2 is 1.64 bits per heavy atom. The van der Waals surface area contributed by atoms with Crippen LogP contribution in [-0.4, -0.2) is 46.0 Å². The molecule has 0 unspecified atom stereocenters. The van der Waals surface area contributed by atoms with Crippen LogP contribution in [0.25, 0.3) is 0 Å². The maximum Gasteiger partial charge on any atom is 0.417 e. The van der Waals surface area contributed by atoms with E-state index in [9.17, 15) is 24.5 Å².